The largest absolute Gasteiger partial charge is 0.415 e. The lowest BCUT2D eigenvalue weighted by Gasteiger charge is -2.34. The molecule has 2 atom stereocenters. The summed E-state index contributed by atoms with van der Waals surface area (Å²) in [6.45, 7) is 6.18. The first kappa shape index (κ1) is 28.0. The highest BCUT2D eigenvalue weighted by atomic mass is 35.5. The third-order valence-electron chi connectivity index (χ3n) is 8.61. The van der Waals surface area contributed by atoms with Gasteiger partial charge in [-0.1, -0.05) is 41.4 Å². The number of carbonyl (C=O) groups excluding carboxylic acids is 3. The van der Waals surface area contributed by atoms with Gasteiger partial charge < -0.3 is 19.4 Å². The Morgan fingerprint density at radius 1 is 1.02 bits per heavy atom. The number of nitrogens with zero attached hydrogens (tertiary/aromatic N) is 4. The lowest BCUT2D eigenvalue weighted by molar-refractivity contribution is -0.141. The van der Waals surface area contributed by atoms with Crippen LogP contribution in [-0.4, -0.2) is 71.4 Å². The Morgan fingerprint density at radius 2 is 1.68 bits per heavy atom. The average Bonchev–Trinajstić information content (AvgIpc) is 3.66. The molecule has 2 aliphatic heterocycles. The van der Waals surface area contributed by atoms with Crippen molar-refractivity contribution in [2.24, 2.45) is 11.3 Å². The van der Waals surface area contributed by atoms with Gasteiger partial charge in [-0.05, 0) is 69.4 Å². The number of carbonyl (C=O) groups is 3. The van der Waals surface area contributed by atoms with Crippen LogP contribution in [0.15, 0.2) is 48.5 Å². The molecule has 0 radical (unpaired) electrons. The maximum atomic E-state index is 13.7. The zero-order valence-electron chi connectivity index (χ0n) is 23.0. The molecular weight excluding hydrogens is 528 g/mol. The van der Waals surface area contributed by atoms with Crippen molar-refractivity contribution in [3.8, 4) is 11.8 Å². The Labute approximate surface area is 240 Å². The first-order valence-electron chi connectivity index (χ1n) is 14.0. The van der Waals surface area contributed by atoms with Gasteiger partial charge in [0.15, 0.2) is 0 Å². The Bertz CT molecular complexity index is 1290. The molecule has 0 N–H and O–H groups in total. The molecule has 3 amide bonds. The first-order chi connectivity index (χ1) is 19.2. The average molecular weight is 563 g/mol. The number of ether oxygens (including phenoxy) is 1. The van der Waals surface area contributed by atoms with Gasteiger partial charge in [-0.2, -0.15) is 5.26 Å². The third-order valence-corrected chi connectivity index (χ3v) is 8.86. The van der Waals surface area contributed by atoms with Crippen LogP contribution in [0.4, 0.5) is 4.79 Å². The smallest absolute Gasteiger partial charge is 0.410 e. The van der Waals surface area contributed by atoms with E-state index in [1.54, 1.807) is 21.9 Å². The maximum Gasteiger partial charge on any atom is 0.415 e. The van der Waals surface area contributed by atoms with Gasteiger partial charge >= 0.3 is 6.09 Å². The zero-order valence-corrected chi connectivity index (χ0v) is 23.8. The van der Waals surface area contributed by atoms with Crippen LogP contribution in [0, 0.1) is 29.6 Å². The van der Waals surface area contributed by atoms with Crippen LogP contribution in [-0.2, 0) is 9.59 Å². The number of halogens is 1. The van der Waals surface area contributed by atoms with Crippen molar-refractivity contribution in [1.29, 1.82) is 5.26 Å². The summed E-state index contributed by atoms with van der Waals surface area (Å²) < 4.78 is 5.73. The highest BCUT2D eigenvalue weighted by Gasteiger charge is 2.53. The number of rotatable bonds is 6. The summed E-state index contributed by atoms with van der Waals surface area (Å²) in [5.74, 6) is 0.154. The van der Waals surface area contributed by atoms with Crippen molar-refractivity contribution in [1.82, 2.24) is 14.7 Å². The fraction of sp³-hybridized carbons (Fsp3) is 0.484. The molecule has 8 nitrogen and oxygen atoms in total. The van der Waals surface area contributed by atoms with Crippen molar-refractivity contribution >= 4 is 29.5 Å². The second-order valence-electron chi connectivity index (χ2n) is 11.2. The summed E-state index contributed by atoms with van der Waals surface area (Å²) in [5.41, 5.74) is 1.26. The van der Waals surface area contributed by atoms with Crippen LogP contribution < -0.4 is 4.74 Å². The summed E-state index contributed by atoms with van der Waals surface area (Å²) in [6, 6.07) is 16.9. The zero-order chi connectivity index (χ0) is 28.4. The van der Waals surface area contributed by atoms with E-state index in [0.29, 0.717) is 69.2 Å². The summed E-state index contributed by atoms with van der Waals surface area (Å²) in [5, 5.41) is 10.0. The first-order valence-corrected chi connectivity index (χ1v) is 14.4. The molecule has 2 aromatic rings. The van der Waals surface area contributed by atoms with Gasteiger partial charge in [0, 0.05) is 49.6 Å². The maximum absolute atomic E-state index is 13.7. The topological polar surface area (TPSA) is 93.9 Å². The van der Waals surface area contributed by atoms with E-state index in [-0.39, 0.29) is 29.7 Å². The van der Waals surface area contributed by atoms with Gasteiger partial charge in [-0.15, -0.1) is 0 Å². The third kappa shape index (κ3) is 5.66. The number of hydrogen-bond donors (Lipinski definition) is 0. The van der Waals surface area contributed by atoms with Crippen LogP contribution in [0.3, 0.4) is 0 Å². The second-order valence-corrected chi connectivity index (χ2v) is 11.6. The number of benzene rings is 2. The Balaban J connectivity index is 1.30. The minimum Gasteiger partial charge on any atom is -0.410 e. The highest BCUT2D eigenvalue weighted by Crippen LogP contribution is 2.47. The molecule has 1 saturated carbocycles. The van der Waals surface area contributed by atoms with E-state index in [1.807, 2.05) is 55.1 Å². The number of aryl methyl sites for hydroxylation is 1. The van der Waals surface area contributed by atoms with Gasteiger partial charge in [-0.3, -0.25) is 9.59 Å². The molecule has 5 rings (SSSR count). The predicted molar refractivity (Wildman–Crippen MR) is 151 cm³/mol. The summed E-state index contributed by atoms with van der Waals surface area (Å²) >= 11 is 6.16. The van der Waals surface area contributed by atoms with Crippen LogP contribution in [0.2, 0.25) is 5.02 Å². The predicted octanol–water partition coefficient (Wildman–Crippen LogP) is 5.01. The highest BCUT2D eigenvalue weighted by molar-refractivity contribution is 6.30. The van der Waals surface area contributed by atoms with Crippen LogP contribution in [0.1, 0.15) is 49.7 Å². The van der Waals surface area contributed by atoms with E-state index >= 15 is 0 Å². The van der Waals surface area contributed by atoms with E-state index in [1.165, 1.54) is 0 Å². The lowest BCUT2D eigenvalue weighted by Crippen LogP contribution is -2.47. The van der Waals surface area contributed by atoms with Crippen LogP contribution in [0.5, 0.6) is 5.75 Å². The summed E-state index contributed by atoms with van der Waals surface area (Å²) in [7, 11) is 0. The van der Waals surface area contributed by atoms with Crippen molar-refractivity contribution in [3.05, 3.63) is 64.7 Å². The number of amides is 3. The van der Waals surface area contributed by atoms with Gasteiger partial charge in [0.25, 0.3) is 0 Å². The van der Waals surface area contributed by atoms with E-state index in [9.17, 15) is 19.6 Å². The minimum atomic E-state index is -0.832. The van der Waals surface area contributed by atoms with Gasteiger partial charge in [0.05, 0.1) is 12.1 Å². The number of hydrogen-bond acceptors (Lipinski definition) is 5. The lowest BCUT2D eigenvalue weighted by atomic mass is 9.93. The molecule has 2 aromatic carbocycles. The van der Waals surface area contributed by atoms with Crippen molar-refractivity contribution in [2.75, 3.05) is 32.7 Å². The van der Waals surface area contributed by atoms with Crippen LogP contribution >= 0.6 is 11.6 Å². The molecule has 2 saturated heterocycles. The SMILES string of the molecule is CCN(C(=O)Oc1ccc(C)cc1)[C@@H]1CN(C(=O)C2CCN(C(=O)C3(C#N)CC3)CC2)C[C@H]1c1ccc(Cl)cc1. The van der Waals surface area contributed by atoms with Gasteiger partial charge in [0.1, 0.15) is 11.2 Å². The molecule has 2 heterocycles. The normalized spacial score (nSPS) is 21.9. The minimum absolute atomic E-state index is 0.0536. The number of nitriles is 1. The number of likely N-dealkylation sites (N-methyl/N-ethyl adjacent to an activating group) is 1. The Hall–Kier alpha value is -3.57. The van der Waals surface area contributed by atoms with E-state index in [4.69, 9.17) is 16.3 Å². The standard InChI is InChI=1S/C31H35ClN4O4/c1-3-36(30(39)40-25-10-4-21(2)5-11-25)27-19-35(18-26(27)22-6-8-24(32)9-7-22)28(37)23-12-16-34(17-13-23)29(38)31(20-33)14-15-31/h4-11,23,26-27H,3,12-19H2,1-2H3/t26-,27+/m0/s1. The van der Waals surface area contributed by atoms with Crippen molar-refractivity contribution in [3.63, 3.8) is 0 Å². The molecule has 0 aromatic heterocycles. The Kier molecular flexibility index (Phi) is 8.04. The summed E-state index contributed by atoms with van der Waals surface area (Å²) in [6.07, 6.45) is 1.96. The molecule has 0 bridgehead atoms. The van der Waals surface area contributed by atoms with Crippen molar-refractivity contribution < 1.29 is 19.1 Å². The van der Waals surface area contributed by atoms with E-state index < -0.39 is 11.5 Å². The molecule has 3 aliphatic rings. The monoisotopic (exact) mass is 562 g/mol. The Morgan fingerprint density at radius 3 is 2.25 bits per heavy atom. The van der Waals surface area contributed by atoms with Gasteiger partial charge in [0.2, 0.25) is 11.8 Å². The molecule has 40 heavy (non-hydrogen) atoms. The second kappa shape index (κ2) is 11.5. The fourth-order valence-electron chi connectivity index (χ4n) is 5.97. The molecular formula is C31H35ClN4O4. The quantitative estimate of drug-likeness (QED) is 0.493. The van der Waals surface area contributed by atoms with Gasteiger partial charge in [-0.25, -0.2) is 4.79 Å². The van der Waals surface area contributed by atoms with Crippen molar-refractivity contribution in [2.45, 2.75) is 51.5 Å². The van der Waals surface area contributed by atoms with E-state index in [0.717, 1.165) is 11.1 Å². The molecule has 0 unspecified atom stereocenters. The molecule has 3 fully saturated rings. The number of piperidine rings is 1. The molecule has 1 aliphatic carbocycles. The fourth-order valence-corrected chi connectivity index (χ4v) is 6.10. The summed E-state index contributed by atoms with van der Waals surface area (Å²) in [4.78, 5) is 45.2. The molecule has 210 valence electrons. The van der Waals surface area contributed by atoms with Crippen LogP contribution in [0.25, 0.3) is 0 Å². The number of likely N-dealkylation sites (tertiary alicyclic amines) is 2. The molecule has 9 heteroatoms. The molecule has 0 spiro atoms. The van der Waals surface area contributed by atoms with E-state index in [2.05, 4.69) is 6.07 Å².